The third-order valence-electron chi connectivity index (χ3n) is 4.06. The molecule has 0 saturated carbocycles. The number of benzene rings is 1. The highest BCUT2D eigenvalue weighted by molar-refractivity contribution is 7.12. The van der Waals surface area contributed by atoms with Crippen molar-refractivity contribution in [1.82, 2.24) is 20.3 Å². The van der Waals surface area contributed by atoms with Crippen LogP contribution in [0.2, 0.25) is 5.02 Å². The second-order valence-electron chi connectivity index (χ2n) is 6.04. The molecule has 7 nitrogen and oxygen atoms in total. The Morgan fingerprint density at radius 2 is 2.21 bits per heavy atom. The fraction of sp³-hybridized carbons (Fsp3) is 0.105. The summed E-state index contributed by atoms with van der Waals surface area (Å²) in [5, 5.41) is 9.74. The lowest BCUT2D eigenvalue weighted by Gasteiger charge is -2.09. The molecule has 1 aromatic carbocycles. The van der Waals surface area contributed by atoms with Gasteiger partial charge in [-0.3, -0.25) is 0 Å². The number of carbonyl (C=O) groups excluding carboxylic acids is 1. The van der Waals surface area contributed by atoms with E-state index >= 15 is 0 Å². The summed E-state index contributed by atoms with van der Waals surface area (Å²) in [5.74, 6) is 0.645. The molecule has 0 aliphatic rings. The number of rotatable bonds is 5. The van der Waals surface area contributed by atoms with Gasteiger partial charge in [0, 0.05) is 17.8 Å². The van der Waals surface area contributed by atoms with Gasteiger partial charge in [-0.05, 0) is 41.6 Å². The maximum Gasteiger partial charge on any atom is 0.413 e. The number of halogens is 1. The predicted octanol–water partition coefficient (Wildman–Crippen LogP) is 5.01. The minimum absolute atomic E-state index is 0.322. The van der Waals surface area contributed by atoms with Crippen LogP contribution in [0.5, 0.6) is 5.06 Å². The molecular weight excluding hydrogens is 398 g/mol. The molecule has 28 heavy (non-hydrogen) atoms. The van der Waals surface area contributed by atoms with Gasteiger partial charge in [0.2, 0.25) is 5.06 Å². The van der Waals surface area contributed by atoms with Crippen molar-refractivity contribution >= 4 is 51.6 Å². The van der Waals surface area contributed by atoms with Crippen molar-refractivity contribution in [3.63, 3.8) is 0 Å². The molecule has 3 N–H and O–H groups in total. The summed E-state index contributed by atoms with van der Waals surface area (Å²) in [5.41, 5.74) is 3.31. The molecule has 0 atom stereocenters. The second kappa shape index (κ2) is 7.87. The molecule has 0 aliphatic carbocycles. The number of aryl methyl sites for hydroxylation is 1. The van der Waals surface area contributed by atoms with Crippen LogP contribution in [0.15, 0.2) is 48.2 Å². The SMILES string of the molecule is Cc1c[nH]c2ncnc(Nc3ccsc3OC(=O)NCc3cccc(Cl)c3)c12. The molecule has 0 aliphatic heterocycles. The lowest BCUT2D eigenvalue weighted by Crippen LogP contribution is -2.26. The van der Waals surface area contributed by atoms with Gasteiger partial charge in [-0.2, -0.15) is 0 Å². The summed E-state index contributed by atoms with van der Waals surface area (Å²) in [7, 11) is 0. The van der Waals surface area contributed by atoms with Crippen molar-refractivity contribution in [1.29, 1.82) is 0 Å². The summed E-state index contributed by atoms with van der Waals surface area (Å²) in [6.07, 6.45) is 2.81. The van der Waals surface area contributed by atoms with Crippen LogP contribution in [-0.4, -0.2) is 21.0 Å². The zero-order valence-electron chi connectivity index (χ0n) is 14.8. The first kappa shape index (κ1) is 18.3. The number of nitrogens with zero attached hydrogens (tertiary/aromatic N) is 2. The van der Waals surface area contributed by atoms with E-state index in [1.807, 2.05) is 36.7 Å². The first-order chi connectivity index (χ1) is 13.6. The highest BCUT2D eigenvalue weighted by atomic mass is 35.5. The Kier molecular flexibility index (Phi) is 5.14. The number of aromatic nitrogens is 3. The van der Waals surface area contributed by atoms with Crippen molar-refractivity contribution in [3.05, 3.63) is 64.4 Å². The number of fused-ring (bicyclic) bond motifs is 1. The number of H-pyrrole nitrogens is 1. The molecule has 0 fully saturated rings. The van der Waals surface area contributed by atoms with Gasteiger partial charge in [-0.25, -0.2) is 14.8 Å². The zero-order chi connectivity index (χ0) is 19.5. The fourth-order valence-corrected chi connectivity index (χ4v) is 3.66. The number of nitrogens with one attached hydrogen (secondary N) is 3. The maximum absolute atomic E-state index is 12.2. The van der Waals surface area contributed by atoms with Crippen molar-refractivity contribution in [2.24, 2.45) is 0 Å². The van der Waals surface area contributed by atoms with Gasteiger partial charge in [0.25, 0.3) is 0 Å². The monoisotopic (exact) mass is 413 g/mol. The molecule has 3 aromatic heterocycles. The molecule has 0 unspecified atom stereocenters. The Bertz CT molecular complexity index is 1140. The summed E-state index contributed by atoms with van der Waals surface area (Å²) in [4.78, 5) is 23.8. The highest BCUT2D eigenvalue weighted by Crippen LogP contribution is 2.35. The average Bonchev–Trinajstić information content (AvgIpc) is 3.27. The van der Waals surface area contributed by atoms with Crippen LogP contribution in [0.4, 0.5) is 16.3 Å². The molecule has 1 amide bonds. The quantitative estimate of drug-likeness (QED) is 0.427. The molecule has 4 aromatic rings. The molecule has 3 heterocycles. The largest absolute Gasteiger partial charge is 0.413 e. The zero-order valence-corrected chi connectivity index (χ0v) is 16.4. The van der Waals surface area contributed by atoms with Crippen molar-refractivity contribution in [2.75, 3.05) is 5.32 Å². The number of anilines is 2. The predicted molar refractivity (Wildman–Crippen MR) is 111 cm³/mol. The molecule has 9 heteroatoms. The van der Waals surface area contributed by atoms with Gasteiger partial charge in [-0.1, -0.05) is 23.7 Å². The molecule has 0 spiro atoms. The smallest absolute Gasteiger partial charge is 0.397 e. The van der Waals surface area contributed by atoms with Crippen LogP contribution in [0.25, 0.3) is 11.0 Å². The molecule has 142 valence electrons. The van der Waals surface area contributed by atoms with E-state index in [-0.39, 0.29) is 0 Å². The third-order valence-corrected chi connectivity index (χ3v) is 5.09. The van der Waals surface area contributed by atoms with E-state index in [2.05, 4.69) is 25.6 Å². The van der Waals surface area contributed by atoms with E-state index in [9.17, 15) is 4.79 Å². The summed E-state index contributed by atoms with van der Waals surface area (Å²) in [6, 6.07) is 9.12. The lowest BCUT2D eigenvalue weighted by atomic mass is 10.2. The molecule has 0 saturated heterocycles. The average molecular weight is 414 g/mol. The Hall–Kier alpha value is -3.10. The van der Waals surface area contributed by atoms with E-state index in [1.165, 1.54) is 17.7 Å². The molecule has 4 rings (SSSR count). The van der Waals surface area contributed by atoms with Crippen LogP contribution >= 0.6 is 22.9 Å². The van der Waals surface area contributed by atoms with Crippen molar-refractivity contribution in [2.45, 2.75) is 13.5 Å². The van der Waals surface area contributed by atoms with Crippen molar-refractivity contribution < 1.29 is 9.53 Å². The van der Waals surface area contributed by atoms with Gasteiger partial charge < -0.3 is 20.4 Å². The van der Waals surface area contributed by atoms with Crippen LogP contribution in [-0.2, 0) is 6.54 Å². The van der Waals surface area contributed by atoms with Gasteiger partial charge >= 0.3 is 6.09 Å². The number of hydrogen-bond acceptors (Lipinski definition) is 6. The summed E-state index contributed by atoms with van der Waals surface area (Å²) >= 11 is 7.27. The Balaban J connectivity index is 1.45. The van der Waals surface area contributed by atoms with Crippen molar-refractivity contribution in [3.8, 4) is 5.06 Å². The maximum atomic E-state index is 12.2. The van der Waals surface area contributed by atoms with Gasteiger partial charge in [-0.15, -0.1) is 11.3 Å². The van der Waals surface area contributed by atoms with Crippen LogP contribution < -0.4 is 15.4 Å². The number of carbonyl (C=O) groups is 1. The van der Waals surface area contributed by atoms with E-state index < -0.39 is 6.09 Å². The number of amides is 1. The fourth-order valence-electron chi connectivity index (χ4n) is 2.75. The van der Waals surface area contributed by atoms with Crippen LogP contribution in [0.3, 0.4) is 0 Å². The Morgan fingerprint density at radius 1 is 1.32 bits per heavy atom. The van der Waals surface area contributed by atoms with E-state index in [0.717, 1.165) is 22.2 Å². The van der Waals surface area contributed by atoms with Crippen LogP contribution in [0.1, 0.15) is 11.1 Å². The highest BCUT2D eigenvalue weighted by Gasteiger charge is 2.14. The second-order valence-corrected chi connectivity index (χ2v) is 7.35. The Morgan fingerprint density at radius 3 is 3.07 bits per heavy atom. The lowest BCUT2D eigenvalue weighted by molar-refractivity contribution is 0.201. The van der Waals surface area contributed by atoms with Gasteiger partial charge in [0.05, 0.1) is 11.1 Å². The minimum atomic E-state index is -0.545. The number of hydrogen-bond donors (Lipinski definition) is 3. The number of ether oxygens (including phenoxy) is 1. The molecule has 0 bridgehead atoms. The topological polar surface area (TPSA) is 91.9 Å². The first-order valence-corrected chi connectivity index (χ1v) is 9.69. The molecular formula is C19H16ClN5O2S. The van der Waals surface area contributed by atoms with Crippen LogP contribution in [0, 0.1) is 6.92 Å². The van der Waals surface area contributed by atoms with E-state index in [0.29, 0.717) is 28.1 Å². The summed E-state index contributed by atoms with van der Waals surface area (Å²) in [6.45, 7) is 2.30. The summed E-state index contributed by atoms with van der Waals surface area (Å²) < 4.78 is 5.46. The molecule has 0 radical (unpaired) electrons. The third kappa shape index (κ3) is 3.92. The number of thiophene rings is 1. The number of aromatic amines is 1. The van der Waals surface area contributed by atoms with Gasteiger partial charge in [0.1, 0.15) is 17.8 Å². The minimum Gasteiger partial charge on any atom is -0.397 e. The van der Waals surface area contributed by atoms with E-state index in [4.69, 9.17) is 16.3 Å². The normalized spacial score (nSPS) is 10.8. The Labute approximate surface area is 169 Å². The van der Waals surface area contributed by atoms with E-state index in [1.54, 1.807) is 12.1 Å². The standard InChI is InChI=1S/C19H16ClN5O2S/c1-11-8-21-16-15(11)17(24-10-23-16)25-14-5-6-28-18(14)27-19(26)22-9-12-3-2-4-13(20)7-12/h2-8,10H,9H2,1H3,(H,22,26)(H2,21,23,24,25). The van der Waals surface area contributed by atoms with Gasteiger partial charge in [0.15, 0.2) is 0 Å². The first-order valence-electron chi connectivity index (χ1n) is 8.43.